The zero-order chi connectivity index (χ0) is 17.9. The molecule has 0 aliphatic rings. The number of aldehydes is 1. The fourth-order valence-electron chi connectivity index (χ4n) is 2.99. The molecule has 3 nitrogen and oxygen atoms in total. The van der Waals surface area contributed by atoms with Gasteiger partial charge in [-0.3, -0.25) is 4.79 Å². The van der Waals surface area contributed by atoms with Crippen molar-refractivity contribution in [3.05, 3.63) is 88.6 Å². The van der Waals surface area contributed by atoms with E-state index in [1.54, 1.807) is 12.3 Å². The van der Waals surface area contributed by atoms with Gasteiger partial charge in [0.15, 0.2) is 6.29 Å². The number of fused-ring (bicyclic) bond motifs is 1. The zero-order valence-electron chi connectivity index (χ0n) is 13.8. The quantitative estimate of drug-likeness (QED) is 0.367. The third kappa shape index (κ3) is 3.16. The van der Waals surface area contributed by atoms with Gasteiger partial charge < -0.3 is 9.15 Å². The van der Waals surface area contributed by atoms with Crippen LogP contribution in [0.4, 0.5) is 0 Å². The van der Waals surface area contributed by atoms with Crippen LogP contribution in [0.3, 0.4) is 0 Å². The van der Waals surface area contributed by atoms with E-state index in [9.17, 15) is 4.79 Å². The highest BCUT2D eigenvalue weighted by Gasteiger charge is 2.12. The summed E-state index contributed by atoms with van der Waals surface area (Å²) < 4.78 is 12.4. The molecule has 0 fully saturated rings. The molecule has 0 radical (unpaired) electrons. The van der Waals surface area contributed by atoms with E-state index in [4.69, 9.17) is 9.15 Å². The molecule has 0 atom stereocenters. The van der Waals surface area contributed by atoms with E-state index >= 15 is 0 Å². The lowest BCUT2D eigenvalue weighted by atomic mass is 10.0. The number of para-hydroxylation sites is 1. The van der Waals surface area contributed by atoms with Gasteiger partial charge in [-0.2, -0.15) is 0 Å². The number of hydrogen-bond acceptors (Lipinski definition) is 3. The number of benzene rings is 3. The second-order valence-electron chi connectivity index (χ2n) is 5.91. The highest BCUT2D eigenvalue weighted by atomic mass is 79.9. The summed E-state index contributed by atoms with van der Waals surface area (Å²) in [5.41, 5.74) is 4.25. The number of ether oxygens (including phenoxy) is 1. The maximum Gasteiger partial charge on any atom is 0.153 e. The number of furan rings is 1. The Kier molecular flexibility index (Phi) is 4.59. The third-order valence-electron chi connectivity index (χ3n) is 4.21. The van der Waals surface area contributed by atoms with Gasteiger partial charge in [0.2, 0.25) is 0 Å². The van der Waals surface area contributed by atoms with Crippen molar-refractivity contribution >= 4 is 33.2 Å². The fraction of sp³-hybridized carbons (Fsp3) is 0.0455. The first kappa shape index (κ1) is 16.6. The van der Waals surface area contributed by atoms with Gasteiger partial charge in [0.25, 0.3) is 0 Å². The lowest BCUT2D eigenvalue weighted by Crippen LogP contribution is -2.00. The van der Waals surface area contributed by atoms with Crippen molar-refractivity contribution in [3.63, 3.8) is 0 Å². The Morgan fingerprint density at radius 3 is 2.65 bits per heavy atom. The number of carbonyl (C=O) groups excluding carboxylic acids is 1. The molecule has 128 valence electrons. The molecular formula is C22H15BrO3. The molecule has 0 spiro atoms. The molecule has 0 unspecified atom stereocenters. The predicted octanol–water partition coefficient (Wildman–Crippen LogP) is 6.25. The summed E-state index contributed by atoms with van der Waals surface area (Å²) in [5.74, 6) is 0.595. The van der Waals surface area contributed by atoms with E-state index in [0.717, 1.165) is 38.4 Å². The van der Waals surface area contributed by atoms with Crippen LogP contribution in [-0.4, -0.2) is 6.29 Å². The maximum absolute atomic E-state index is 11.5. The monoisotopic (exact) mass is 406 g/mol. The Hall–Kier alpha value is -2.85. The predicted molar refractivity (Wildman–Crippen MR) is 106 cm³/mol. The topological polar surface area (TPSA) is 39.4 Å². The fourth-order valence-corrected chi connectivity index (χ4v) is 3.61. The molecular weight excluding hydrogens is 392 g/mol. The first-order valence-electron chi connectivity index (χ1n) is 8.18. The Morgan fingerprint density at radius 2 is 1.85 bits per heavy atom. The van der Waals surface area contributed by atoms with Crippen LogP contribution < -0.4 is 4.74 Å². The van der Waals surface area contributed by atoms with Gasteiger partial charge in [-0.15, -0.1) is 0 Å². The minimum atomic E-state index is 0.352. The van der Waals surface area contributed by atoms with E-state index in [2.05, 4.69) is 15.9 Å². The zero-order valence-corrected chi connectivity index (χ0v) is 15.4. The molecule has 4 aromatic rings. The van der Waals surface area contributed by atoms with Crippen molar-refractivity contribution in [2.45, 2.75) is 6.61 Å². The molecule has 1 heterocycles. The van der Waals surface area contributed by atoms with Crippen molar-refractivity contribution in [2.24, 2.45) is 0 Å². The Balaban J connectivity index is 1.70. The molecule has 0 aliphatic heterocycles. The molecule has 1 aromatic heterocycles. The van der Waals surface area contributed by atoms with Crippen LogP contribution in [0.1, 0.15) is 15.9 Å². The highest BCUT2D eigenvalue weighted by Crippen LogP contribution is 2.34. The number of hydrogen-bond donors (Lipinski definition) is 0. The van der Waals surface area contributed by atoms with Gasteiger partial charge in [-0.1, -0.05) is 42.5 Å². The van der Waals surface area contributed by atoms with Crippen molar-refractivity contribution in [1.29, 1.82) is 0 Å². The van der Waals surface area contributed by atoms with Crippen molar-refractivity contribution < 1.29 is 13.9 Å². The lowest BCUT2D eigenvalue weighted by Gasteiger charge is -2.14. The van der Waals surface area contributed by atoms with Crippen LogP contribution in [0.5, 0.6) is 5.75 Å². The van der Waals surface area contributed by atoms with E-state index < -0.39 is 0 Å². The van der Waals surface area contributed by atoms with Crippen molar-refractivity contribution in [1.82, 2.24) is 0 Å². The highest BCUT2D eigenvalue weighted by molar-refractivity contribution is 9.10. The molecule has 4 heteroatoms. The lowest BCUT2D eigenvalue weighted by molar-refractivity contribution is 0.111. The standard InChI is InChI=1S/C22H15BrO3/c23-20-12-15(11-17-9-10-25-22(17)20)14-26-21-18(13-24)7-4-8-19(21)16-5-2-1-3-6-16/h1-13H,14H2. The molecule has 0 aliphatic carbocycles. The van der Waals surface area contributed by atoms with E-state index in [1.807, 2.05) is 60.7 Å². The third-order valence-corrected chi connectivity index (χ3v) is 4.80. The summed E-state index contributed by atoms with van der Waals surface area (Å²) in [6, 6.07) is 21.4. The summed E-state index contributed by atoms with van der Waals surface area (Å²) in [7, 11) is 0. The Bertz CT molecular complexity index is 1070. The van der Waals surface area contributed by atoms with Gasteiger partial charge in [0, 0.05) is 10.9 Å². The molecule has 4 rings (SSSR count). The second kappa shape index (κ2) is 7.18. The minimum absolute atomic E-state index is 0.352. The Morgan fingerprint density at radius 1 is 1.00 bits per heavy atom. The number of halogens is 1. The number of carbonyl (C=O) groups is 1. The van der Waals surface area contributed by atoms with E-state index in [-0.39, 0.29) is 0 Å². The number of rotatable bonds is 5. The minimum Gasteiger partial charge on any atom is -0.488 e. The van der Waals surface area contributed by atoms with Crippen LogP contribution in [-0.2, 0) is 6.61 Å². The van der Waals surface area contributed by atoms with Crippen molar-refractivity contribution in [3.8, 4) is 16.9 Å². The first-order chi connectivity index (χ1) is 12.8. The first-order valence-corrected chi connectivity index (χ1v) is 8.97. The average Bonchev–Trinajstić information content (AvgIpc) is 3.16. The summed E-state index contributed by atoms with van der Waals surface area (Å²) in [6.07, 6.45) is 2.49. The molecule has 0 saturated carbocycles. The van der Waals surface area contributed by atoms with Crippen LogP contribution in [0.25, 0.3) is 22.1 Å². The second-order valence-corrected chi connectivity index (χ2v) is 6.77. The van der Waals surface area contributed by atoms with Gasteiger partial charge >= 0.3 is 0 Å². The van der Waals surface area contributed by atoms with Gasteiger partial charge in [0.05, 0.1) is 16.3 Å². The van der Waals surface area contributed by atoms with E-state index in [0.29, 0.717) is 17.9 Å². The summed E-state index contributed by atoms with van der Waals surface area (Å²) in [4.78, 5) is 11.5. The van der Waals surface area contributed by atoms with Crippen molar-refractivity contribution in [2.75, 3.05) is 0 Å². The van der Waals surface area contributed by atoms with Crippen LogP contribution in [0.2, 0.25) is 0 Å². The molecule has 0 bridgehead atoms. The molecule has 0 amide bonds. The molecule has 0 N–H and O–H groups in total. The summed E-state index contributed by atoms with van der Waals surface area (Å²) in [5, 5.41) is 1.00. The largest absolute Gasteiger partial charge is 0.488 e. The summed E-state index contributed by atoms with van der Waals surface area (Å²) >= 11 is 3.53. The van der Waals surface area contributed by atoms with Gasteiger partial charge in [-0.25, -0.2) is 0 Å². The van der Waals surface area contributed by atoms with Crippen LogP contribution in [0, 0.1) is 0 Å². The molecule has 0 saturated heterocycles. The maximum atomic E-state index is 11.5. The van der Waals surface area contributed by atoms with Crippen LogP contribution >= 0.6 is 15.9 Å². The van der Waals surface area contributed by atoms with Gasteiger partial charge in [-0.05, 0) is 51.3 Å². The molecule has 26 heavy (non-hydrogen) atoms. The normalized spacial score (nSPS) is 10.8. The smallest absolute Gasteiger partial charge is 0.153 e. The SMILES string of the molecule is O=Cc1cccc(-c2ccccc2)c1OCc1cc(Br)c2occc2c1. The Labute approximate surface area is 159 Å². The summed E-state index contributed by atoms with van der Waals surface area (Å²) in [6.45, 7) is 0.352. The van der Waals surface area contributed by atoms with Gasteiger partial charge in [0.1, 0.15) is 17.9 Å². The molecule has 3 aromatic carbocycles. The van der Waals surface area contributed by atoms with E-state index in [1.165, 1.54) is 0 Å². The van der Waals surface area contributed by atoms with Crippen LogP contribution in [0.15, 0.2) is 81.9 Å². The average molecular weight is 407 g/mol.